The van der Waals surface area contributed by atoms with E-state index < -0.39 is 5.41 Å². The Morgan fingerprint density at radius 3 is 2.90 bits per heavy atom. The van der Waals surface area contributed by atoms with Crippen molar-refractivity contribution in [2.24, 2.45) is 11.1 Å². The monoisotopic (exact) mass is 287 g/mol. The van der Waals surface area contributed by atoms with Gasteiger partial charge in [0.2, 0.25) is 5.91 Å². The first-order valence-electron chi connectivity index (χ1n) is 7.48. The fourth-order valence-electron chi connectivity index (χ4n) is 2.21. The molecule has 1 atom stereocenters. The van der Waals surface area contributed by atoms with Crippen molar-refractivity contribution in [2.45, 2.75) is 39.0 Å². The first kappa shape index (κ1) is 14.1. The van der Waals surface area contributed by atoms with Crippen molar-refractivity contribution in [3.05, 3.63) is 24.1 Å². The summed E-state index contributed by atoms with van der Waals surface area (Å²) in [6.45, 7) is 4.17. The molecule has 3 N–H and O–H groups in total. The van der Waals surface area contributed by atoms with Gasteiger partial charge in [-0.15, -0.1) is 0 Å². The number of hydrogen-bond acceptors (Lipinski definition) is 4. The number of rotatable bonds is 5. The standard InChI is InChI=1S/C16H21N3O2/c1-3-16(2,9-17)15(20)18-11-6-7-13-12(8-11)19-14(21-13)10-4-5-10/h6-8,10H,3-5,9,17H2,1-2H3,(H,18,20). The van der Waals surface area contributed by atoms with E-state index in [4.69, 9.17) is 10.2 Å². The van der Waals surface area contributed by atoms with Crippen molar-refractivity contribution in [2.75, 3.05) is 11.9 Å². The van der Waals surface area contributed by atoms with Crippen molar-refractivity contribution >= 4 is 22.7 Å². The molecule has 1 heterocycles. The lowest BCUT2D eigenvalue weighted by molar-refractivity contribution is -0.124. The first-order chi connectivity index (χ1) is 10.1. The van der Waals surface area contributed by atoms with E-state index in [1.807, 2.05) is 32.0 Å². The molecule has 1 fully saturated rings. The minimum absolute atomic E-state index is 0.0576. The van der Waals surface area contributed by atoms with Crippen LogP contribution in [0.4, 0.5) is 5.69 Å². The molecule has 5 heteroatoms. The molecule has 3 rings (SSSR count). The zero-order valence-corrected chi connectivity index (χ0v) is 12.5. The summed E-state index contributed by atoms with van der Waals surface area (Å²) in [4.78, 5) is 16.8. The van der Waals surface area contributed by atoms with Gasteiger partial charge >= 0.3 is 0 Å². The van der Waals surface area contributed by atoms with Crippen LogP contribution < -0.4 is 11.1 Å². The number of carbonyl (C=O) groups excluding carboxylic acids is 1. The molecular formula is C16H21N3O2. The van der Waals surface area contributed by atoms with Crippen LogP contribution >= 0.6 is 0 Å². The highest BCUT2D eigenvalue weighted by atomic mass is 16.3. The number of nitrogens with two attached hydrogens (primary N) is 1. The van der Waals surface area contributed by atoms with Crippen molar-refractivity contribution in [3.8, 4) is 0 Å². The zero-order chi connectivity index (χ0) is 15.0. The smallest absolute Gasteiger partial charge is 0.231 e. The molecule has 0 spiro atoms. The van der Waals surface area contributed by atoms with Crippen LogP contribution in [-0.4, -0.2) is 17.4 Å². The van der Waals surface area contributed by atoms with E-state index in [9.17, 15) is 4.79 Å². The largest absolute Gasteiger partial charge is 0.440 e. The molecule has 1 aliphatic rings. The Kier molecular flexibility index (Phi) is 3.45. The number of amides is 1. The molecule has 21 heavy (non-hydrogen) atoms. The minimum Gasteiger partial charge on any atom is -0.440 e. The summed E-state index contributed by atoms with van der Waals surface area (Å²) in [6, 6.07) is 5.56. The summed E-state index contributed by atoms with van der Waals surface area (Å²) in [5.74, 6) is 1.24. The van der Waals surface area contributed by atoms with Gasteiger partial charge in [0.05, 0.1) is 5.41 Å². The topological polar surface area (TPSA) is 81.2 Å². The van der Waals surface area contributed by atoms with E-state index in [1.165, 1.54) is 0 Å². The normalized spacial score (nSPS) is 17.7. The second kappa shape index (κ2) is 5.15. The second-order valence-corrected chi connectivity index (χ2v) is 6.08. The van der Waals surface area contributed by atoms with E-state index in [-0.39, 0.29) is 5.91 Å². The third kappa shape index (κ3) is 2.65. The van der Waals surface area contributed by atoms with E-state index in [2.05, 4.69) is 10.3 Å². The average Bonchev–Trinajstić information content (AvgIpc) is 3.26. The van der Waals surface area contributed by atoms with E-state index in [0.29, 0.717) is 18.9 Å². The van der Waals surface area contributed by atoms with E-state index in [1.54, 1.807) is 0 Å². The summed E-state index contributed by atoms with van der Waals surface area (Å²) in [7, 11) is 0. The number of anilines is 1. The number of carbonyl (C=O) groups is 1. The molecule has 1 aromatic carbocycles. The van der Waals surface area contributed by atoms with Gasteiger partial charge in [-0.1, -0.05) is 6.92 Å². The van der Waals surface area contributed by atoms with Gasteiger partial charge in [0.15, 0.2) is 11.5 Å². The highest BCUT2D eigenvalue weighted by molar-refractivity contribution is 5.96. The number of hydrogen-bond donors (Lipinski definition) is 2. The van der Waals surface area contributed by atoms with Gasteiger partial charge < -0.3 is 15.5 Å². The molecule has 0 bridgehead atoms. The second-order valence-electron chi connectivity index (χ2n) is 6.08. The van der Waals surface area contributed by atoms with Gasteiger partial charge in [0.25, 0.3) is 0 Å². The Labute approximate surface area is 123 Å². The van der Waals surface area contributed by atoms with Gasteiger partial charge in [0.1, 0.15) is 5.52 Å². The van der Waals surface area contributed by atoms with Crippen molar-refractivity contribution in [3.63, 3.8) is 0 Å². The number of oxazole rings is 1. The molecule has 1 amide bonds. The lowest BCUT2D eigenvalue weighted by Gasteiger charge is -2.24. The van der Waals surface area contributed by atoms with Crippen LogP contribution in [0.5, 0.6) is 0 Å². The molecule has 2 aromatic rings. The maximum atomic E-state index is 12.3. The Balaban J connectivity index is 1.82. The lowest BCUT2D eigenvalue weighted by Crippen LogP contribution is -2.39. The maximum absolute atomic E-state index is 12.3. The fraction of sp³-hybridized carbons (Fsp3) is 0.500. The van der Waals surface area contributed by atoms with Crippen LogP contribution in [0.25, 0.3) is 11.1 Å². The number of nitrogens with zero attached hydrogens (tertiary/aromatic N) is 1. The maximum Gasteiger partial charge on any atom is 0.231 e. The van der Waals surface area contributed by atoms with Crippen LogP contribution in [0.3, 0.4) is 0 Å². The molecule has 0 saturated heterocycles. The average molecular weight is 287 g/mol. The summed E-state index contributed by atoms with van der Waals surface area (Å²) in [5.41, 5.74) is 7.47. The van der Waals surface area contributed by atoms with E-state index in [0.717, 1.165) is 35.5 Å². The highest BCUT2D eigenvalue weighted by Gasteiger charge is 2.30. The highest BCUT2D eigenvalue weighted by Crippen LogP contribution is 2.40. The van der Waals surface area contributed by atoms with Crippen molar-refractivity contribution in [1.29, 1.82) is 0 Å². The zero-order valence-electron chi connectivity index (χ0n) is 12.5. The molecule has 1 aliphatic carbocycles. The SMILES string of the molecule is CCC(C)(CN)C(=O)Nc1ccc2oc(C3CC3)nc2c1. The summed E-state index contributed by atoms with van der Waals surface area (Å²) >= 11 is 0. The molecule has 0 radical (unpaired) electrons. The Hall–Kier alpha value is -1.88. The first-order valence-corrected chi connectivity index (χ1v) is 7.48. The van der Waals surface area contributed by atoms with Gasteiger partial charge in [-0.25, -0.2) is 4.98 Å². The quantitative estimate of drug-likeness (QED) is 0.885. The Bertz CT molecular complexity index is 669. The van der Waals surface area contributed by atoms with Gasteiger partial charge in [0, 0.05) is 18.2 Å². The molecule has 1 unspecified atom stereocenters. The van der Waals surface area contributed by atoms with Crippen molar-refractivity contribution in [1.82, 2.24) is 4.98 Å². The Morgan fingerprint density at radius 1 is 1.52 bits per heavy atom. The van der Waals surface area contributed by atoms with E-state index >= 15 is 0 Å². The minimum atomic E-state index is -0.544. The summed E-state index contributed by atoms with van der Waals surface area (Å²) in [5, 5.41) is 2.93. The molecule has 112 valence electrons. The third-order valence-electron chi connectivity index (χ3n) is 4.37. The number of nitrogens with one attached hydrogen (secondary N) is 1. The predicted molar refractivity (Wildman–Crippen MR) is 82.1 cm³/mol. The fourth-order valence-corrected chi connectivity index (χ4v) is 2.21. The number of benzene rings is 1. The number of fused-ring (bicyclic) bond motifs is 1. The molecule has 1 aromatic heterocycles. The molecular weight excluding hydrogens is 266 g/mol. The van der Waals surface area contributed by atoms with Crippen LogP contribution in [-0.2, 0) is 4.79 Å². The summed E-state index contributed by atoms with van der Waals surface area (Å²) < 4.78 is 5.72. The molecule has 1 saturated carbocycles. The van der Waals surface area contributed by atoms with Crippen LogP contribution in [0.1, 0.15) is 44.9 Å². The lowest BCUT2D eigenvalue weighted by atomic mass is 9.86. The van der Waals surface area contributed by atoms with Crippen LogP contribution in [0.2, 0.25) is 0 Å². The van der Waals surface area contributed by atoms with Gasteiger partial charge in [-0.2, -0.15) is 0 Å². The Morgan fingerprint density at radius 2 is 2.29 bits per heavy atom. The predicted octanol–water partition coefficient (Wildman–Crippen LogP) is 3.02. The number of aromatic nitrogens is 1. The molecule has 0 aliphatic heterocycles. The van der Waals surface area contributed by atoms with Crippen LogP contribution in [0.15, 0.2) is 22.6 Å². The third-order valence-corrected chi connectivity index (χ3v) is 4.37. The summed E-state index contributed by atoms with van der Waals surface area (Å²) in [6.07, 6.45) is 3.01. The van der Waals surface area contributed by atoms with Gasteiger partial charge in [-0.05, 0) is 44.4 Å². The van der Waals surface area contributed by atoms with Crippen molar-refractivity contribution < 1.29 is 9.21 Å². The molecule has 5 nitrogen and oxygen atoms in total. The van der Waals surface area contributed by atoms with Gasteiger partial charge in [-0.3, -0.25) is 4.79 Å². The van der Waals surface area contributed by atoms with Crippen LogP contribution in [0, 0.1) is 5.41 Å².